The average Bonchev–Trinajstić information content (AvgIpc) is 2.68. The molecule has 4 nitrogen and oxygen atoms in total. The first-order valence-electron chi connectivity index (χ1n) is 11.1. The van der Waals surface area contributed by atoms with E-state index in [4.69, 9.17) is 5.11 Å². The van der Waals surface area contributed by atoms with Gasteiger partial charge in [0.25, 0.3) is 0 Å². The standard InChI is InChI=1S/C25H41NO3/c1-4-5-6-7-8-9-10-11-12-13-14-15-16-17-18-19-20-21-23(27)26-24(22(2)3)25(28)29/h8-9,11-12,14-15,17-18,22,24H,4-7,10,13,16,19-21H2,1-3H3,(H,26,27)(H,28,29)/b9-8+,12-11+,15-14+,18-17+. The third-order valence-electron chi connectivity index (χ3n) is 4.48. The van der Waals surface area contributed by atoms with E-state index in [9.17, 15) is 9.59 Å². The zero-order chi connectivity index (χ0) is 21.7. The second-order valence-corrected chi connectivity index (χ2v) is 7.61. The SMILES string of the molecule is CCCCC/C=C/C/C=C/C/C=C/C/C=C/CCCC(=O)NC(C(=O)O)C(C)C. The van der Waals surface area contributed by atoms with Crippen LogP contribution < -0.4 is 5.32 Å². The molecule has 0 aromatic heterocycles. The fourth-order valence-corrected chi connectivity index (χ4v) is 2.70. The minimum Gasteiger partial charge on any atom is -0.480 e. The Morgan fingerprint density at radius 3 is 1.72 bits per heavy atom. The average molecular weight is 404 g/mol. The summed E-state index contributed by atoms with van der Waals surface area (Å²) in [6.07, 6.45) is 27.3. The lowest BCUT2D eigenvalue weighted by Crippen LogP contribution is -2.44. The first-order chi connectivity index (χ1) is 14.0. The Labute approximate surface area is 177 Å². The van der Waals surface area contributed by atoms with Crippen LogP contribution >= 0.6 is 0 Å². The fraction of sp³-hybridized carbons (Fsp3) is 0.600. The summed E-state index contributed by atoms with van der Waals surface area (Å²) >= 11 is 0. The number of hydrogen-bond donors (Lipinski definition) is 2. The molecule has 0 spiro atoms. The second-order valence-electron chi connectivity index (χ2n) is 7.61. The summed E-state index contributed by atoms with van der Waals surface area (Å²) in [4.78, 5) is 22.9. The third-order valence-corrected chi connectivity index (χ3v) is 4.48. The van der Waals surface area contributed by atoms with Gasteiger partial charge in [0.1, 0.15) is 6.04 Å². The number of amides is 1. The summed E-state index contributed by atoms with van der Waals surface area (Å²) in [5.41, 5.74) is 0. The van der Waals surface area contributed by atoms with Crippen LogP contribution in [0.3, 0.4) is 0 Å². The van der Waals surface area contributed by atoms with Crippen LogP contribution in [0.2, 0.25) is 0 Å². The summed E-state index contributed by atoms with van der Waals surface area (Å²) in [7, 11) is 0. The van der Waals surface area contributed by atoms with Crippen molar-refractivity contribution < 1.29 is 14.7 Å². The molecule has 0 bridgehead atoms. The number of aliphatic carboxylic acids is 1. The quantitative estimate of drug-likeness (QED) is 0.219. The van der Waals surface area contributed by atoms with E-state index in [-0.39, 0.29) is 11.8 Å². The number of nitrogens with one attached hydrogen (secondary N) is 1. The van der Waals surface area contributed by atoms with E-state index in [1.165, 1.54) is 25.7 Å². The van der Waals surface area contributed by atoms with E-state index in [1.54, 1.807) is 13.8 Å². The van der Waals surface area contributed by atoms with Gasteiger partial charge in [0.2, 0.25) is 5.91 Å². The predicted octanol–water partition coefficient (Wildman–Crippen LogP) is 6.36. The van der Waals surface area contributed by atoms with Gasteiger partial charge >= 0.3 is 5.97 Å². The monoisotopic (exact) mass is 403 g/mol. The Kier molecular flexibility index (Phi) is 17.8. The molecule has 0 aliphatic rings. The molecule has 4 heteroatoms. The van der Waals surface area contributed by atoms with Crippen LogP contribution in [0.15, 0.2) is 48.6 Å². The van der Waals surface area contributed by atoms with Crippen molar-refractivity contribution in [2.45, 2.75) is 91.0 Å². The van der Waals surface area contributed by atoms with Gasteiger partial charge in [-0.15, -0.1) is 0 Å². The fourth-order valence-electron chi connectivity index (χ4n) is 2.70. The Bertz CT molecular complexity index is 544. The number of unbranched alkanes of at least 4 members (excludes halogenated alkanes) is 4. The molecule has 0 saturated carbocycles. The zero-order valence-corrected chi connectivity index (χ0v) is 18.6. The topological polar surface area (TPSA) is 66.4 Å². The molecule has 0 aromatic carbocycles. The van der Waals surface area contributed by atoms with E-state index < -0.39 is 12.0 Å². The van der Waals surface area contributed by atoms with Gasteiger partial charge in [-0.05, 0) is 50.9 Å². The highest BCUT2D eigenvalue weighted by atomic mass is 16.4. The van der Waals surface area contributed by atoms with Crippen LogP contribution in [-0.2, 0) is 9.59 Å². The normalized spacial score (nSPS) is 13.4. The van der Waals surface area contributed by atoms with E-state index in [2.05, 4.69) is 60.8 Å². The van der Waals surface area contributed by atoms with Crippen molar-refractivity contribution in [2.75, 3.05) is 0 Å². The highest BCUT2D eigenvalue weighted by Crippen LogP contribution is 2.04. The van der Waals surface area contributed by atoms with Crippen LogP contribution in [0.25, 0.3) is 0 Å². The van der Waals surface area contributed by atoms with Crippen LogP contribution in [0.5, 0.6) is 0 Å². The Morgan fingerprint density at radius 2 is 1.28 bits per heavy atom. The van der Waals surface area contributed by atoms with Crippen molar-refractivity contribution in [1.29, 1.82) is 0 Å². The van der Waals surface area contributed by atoms with Crippen molar-refractivity contribution in [3.05, 3.63) is 48.6 Å². The number of rotatable bonds is 17. The Morgan fingerprint density at radius 1 is 0.793 bits per heavy atom. The summed E-state index contributed by atoms with van der Waals surface area (Å²) in [6, 6.07) is -0.806. The molecule has 0 aromatic rings. The summed E-state index contributed by atoms with van der Waals surface area (Å²) < 4.78 is 0. The smallest absolute Gasteiger partial charge is 0.326 e. The summed E-state index contributed by atoms with van der Waals surface area (Å²) in [6.45, 7) is 5.81. The summed E-state index contributed by atoms with van der Waals surface area (Å²) in [5.74, 6) is -1.29. The number of carbonyl (C=O) groups excluding carboxylic acids is 1. The molecule has 0 fully saturated rings. The van der Waals surface area contributed by atoms with E-state index >= 15 is 0 Å². The van der Waals surface area contributed by atoms with Gasteiger partial charge in [-0.2, -0.15) is 0 Å². The molecule has 1 amide bonds. The molecule has 0 aliphatic carbocycles. The molecule has 0 heterocycles. The van der Waals surface area contributed by atoms with Gasteiger partial charge in [-0.1, -0.05) is 82.2 Å². The molecular formula is C25H41NO3. The largest absolute Gasteiger partial charge is 0.480 e. The highest BCUT2D eigenvalue weighted by molar-refractivity contribution is 5.83. The molecule has 0 aliphatic heterocycles. The van der Waals surface area contributed by atoms with Crippen LogP contribution in [0.4, 0.5) is 0 Å². The molecular weight excluding hydrogens is 362 g/mol. The predicted molar refractivity (Wildman–Crippen MR) is 123 cm³/mol. The molecule has 1 unspecified atom stereocenters. The Balaban J connectivity index is 3.69. The lowest BCUT2D eigenvalue weighted by Gasteiger charge is -2.17. The number of carbonyl (C=O) groups is 2. The van der Waals surface area contributed by atoms with Crippen LogP contribution in [0.1, 0.15) is 85.0 Å². The van der Waals surface area contributed by atoms with Crippen molar-refractivity contribution in [3.63, 3.8) is 0 Å². The molecule has 29 heavy (non-hydrogen) atoms. The van der Waals surface area contributed by atoms with Crippen LogP contribution in [-0.4, -0.2) is 23.0 Å². The first kappa shape index (κ1) is 26.9. The molecule has 1 atom stereocenters. The molecule has 0 rings (SSSR count). The highest BCUT2D eigenvalue weighted by Gasteiger charge is 2.22. The lowest BCUT2D eigenvalue weighted by atomic mass is 10.0. The molecule has 2 N–H and O–H groups in total. The van der Waals surface area contributed by atoms with Gasteiger partial charge in [-0.3, -0.25) is 4.79 Å². The third kappa shape index (κ3) is 17.7. The molecule has 0 saturated heterocycles. The molecule has 164 valence electrons. The second kappa shape index (κ2) is 19.2. The van der Waals surface area contributed by atoms with Gasteiger partial charge < -0.3 is 10.4 Å². The maximum Gasteiger partial charge on any atom is 0.326 e. The van der Waals surface area contributed by atoms with E-state index in [0.29, 0.717) is 6.42 Å². The van der Waals surface area contributed by atoms with Crippen LogP contribution in [0, 0.1) is 5.92 Å². The van der Waals surface area contributed by atoms with E-state index in [1.807, 2.05) is 0 Å². The van der Waals surface area contributed by atoms with Gasteiger partial charge in [0.15, 0.2) is 0 Å². The summed E-state index contributed by atoms with van der Waals surface area (Å²) in [5, 5.41) is 11.7. The Hall–Kier alpha value is -2.10. The lowest BCUT2D eigenvalue weighted by molar-refractivity contribution is -0.143. The van der Waals surface area contributed by atoms with Crippen molar-refractivity contribution in [2.24, 2.45) is 5.92 Å². The van der Waals surface area contributed by atoms with Crippen molar-refractivity contribution in [3.8, 4) is 0 Å². The molecule has 0 radical (unpaired) electrons. The number of carboxylic acid groups (broad SMARTS) is 1. The maximum atomic E-state index is 11.8. The maximum absolute atomic E-state index is 11.8. The first-order valence-corrected chi connectivity index (χ1v) is 11.1. The minimum atomic E-state index is -0.978. The number of hydrogen-bond acceptors (Lipinski definition) is 2. The number of carboxylic acids is 1. The van der Waals surface area contributed by atoms with Crippen molar-refractivity contribution >= 4 is 11.9 Å². The van der Waals surface area contributed by atoms with Gasteiger partial charge in [0, 0.05) is 6.42 Å². The number of allylic oxidation sites excluding steroid dienone is 8. The zero-order valence-electron chi connectivity index (χ0n) is 18.6. The minimum absolute atomic E-state index is 0.120. The van der Waals surface area contributed by atoms with Crippen molar-refractivity contribution in [1.82, 2.24) is 5.32 Å². The van der Waals surface area contributed by atoms with Gasteiger partial charge in [-0.25, -0.2) is 4.79 Å². The van der Waals surface area contributed by atoms with Gasteiger partial charge in [0.05, 0.1) is 0 Å². The van der Waals surface area contributed by atoms with E-state index in [0.717, 1.165) is 32.1 Å².